The van der Waals surface area contributed by atoms with Crippen molar-refractivity contribution in [1.29, 1.82) is 0 Å². The van der Waals surface area contributed by atoms with Crippen LogP contribution in [0.1, 0.15) is 20.8 Å². The lowest BCUT2D eigenvalue weighted by Crippen LogP contribution is -2.65. The Morgan fingerprint density at radius 1 is 1.00 bits per heavy atom. The van der Waals surface area contributed by atoms with E-state index in [0.29, 0.717) is 0 Å². The van der Waals surface area contributed by atoms with Gasteiger partial charge in [0.25, 0.3) is 5.92 Å². The summed E-state index contributed by atoms with van der Waals surface area (Å²) in [5.41, 5.74) is -1.50. The zero-order valence-corrected chi connectivity index (χ0v) is 10.5. The fourth-order valence-electron chi connectivity index (χ4n) is 1.83. The van der Waals surface area contributed by atoms with Crippen molar-refractivity contribution in [3.63, 3.8) is 0 Å². The second kappa shape index (κ2) is 4.97. The van der Waals surface area contributed by atoms with Gasteiger partial charge in [-0.3, -0.25) is 0 Å². The highest BCUT2D eigenvalue weighted by Crippen LogP contribution is 2.43. The summed E-state index contributed by atoms with van der Waals surface area (Å²) in [6.07, 6.45) is -8.63. The molecule has 0 aromatic carbocycles. The summed E-state index contributed by atoms with van der Waals surface area (Å²) < 4.78 is 33.1. The number of rotatable bonds is 2. The van der Waals surface area contributed by atoms with Crippen molar-refractivity contribution in [3.05, 3.63) is 0 Å². The summed E-state index contributed by atoms with van der Waals surface area (Å²) in [7, 11) is 0. The van der Waals surface area contributed by atoms with Crippen LogP contribution in [0, 0.1) is 5.41 Å². The third kappa shape index (κ3) is 2.50. The van der Waals surface area contributed by atoms with Crippen LogP contribution in [0.2, 0.25) is 0 Å². The van der Waals surface area contributed by atoms with E-state index < -0.39 is 48.5 Å². The molecule has 0 saturated carbocycles. The number of aliphatic hydroxyl groups is 4. The Labute approximate surface area is 104 Å². The smallest absolute Gasteiger partial charge is 0.281 e. The van der Waals surface area contributed by atoms with Crippen LogP contribution >= 0.6 is 0 Å². The average Bonchev–Trinajstić information content (AvgIpc) is 2.24. The average molecular weight is 270 g/mol. The zero-order valence-electron chi connectivity index (χ0n) is 10.5. The molecule has 5 nitrogen and oxygen atoms in total. The Hall–Kier alpha value is -0.340. The quantitative estimate of drug-likeness (QED) is 0.543. The Morgan fingerprint density at radius 3 is 1.89 bits per heavy atom. The molecule has 1 fully saturated rings. The first kappa shape index (κ1) is 15.7. The van der Waals surface area contributed by atoms with Gasteiger partial charge >= 0.3 is 0 Å². The first-order valence-corrected chi connectivity index (χ1v) is 5.72. The lowest BCUT2D eigenvalue weighted by molar-refractivity contribution is -0.300. The van der Waals surface area contributed by atoms with Gasteiger partial charge in [-0.2, -0.15) is 0 Å². The number of aliphatic hydroxyl groups excluding tert-OH is 4. The number of alkyl halides is 2. The normalized spacial score (nSPS) is 38.8. The van der Waals surface area contributed by atoms with E-state index in [1.165, 1.54) is 20.8 Å². The number of hydrogen-bond donors (Lipinski definition) is 4. The highest BCUT2D eigenvalue weighted by molar-refractivity contribution is 5.01. The number of hydrogen-bond acceptors (Lipinski definition) is 5. The van der Waals surface area contributed by atoms with Crippen LogP contribution in [0.15, 0.2) is 0 Å². The van der Waals surface area contributed by atoms with Gasteiger partial charge in [-0.1, -0.05) is 20.8 Å². The Balaban J connectivity index is 3.02. The maximum atomic E-state index is 14.1. The van der Waals surface area contributed by atoms with E-state index in [2.05, 4.69) is 0 Å². The molecular weight excluding hydrogens is 250 g/mol. The number of ether oxygens (including phenoxy) is 1. The summed E-state index contributed by atoms with van der Waals surface area (Å²) in [6, 6.07) is 0. The maximum absolute atomic E-state index is 14.1. The van der Waals surface area contributed by atoms with Crippen molar-refractivity contribution in [1.82, 2.24) is 0 Å². The van der Waals surface area contributed by atoms with Gasteiger partial charge in [0.1, 0.15) is 24.4 Å². The molecule has 18 heavy (non-hydrogen) atoms. The van der Waals surface area contributed by atoms with Crippen LogP contribution in [0.4, 0.5) is 8.78 Å². The molecule has 1 aliphatic heterocycles. The first-order valence-electron chi connectivity index (χ1n) is 5.72. The molecule has 1 heterocycles. The van der Waals surface area contributed by atoms with Gasteiger partial charge in [-0.05, 0) is 0 Å². The van der Waals surface area contributed by atoms with Crippen molar-refractivity contribution >= 4 is 0 Å². The standard InChI is InChI=1S/C11H20F2O5/c1-10(2,3)11(12,13)9-8(17)7(16)6(15)5(4-14)18-9/h5-9,14-17H,4H2,1-3H3/t5-,6+,7+,8-,9-/m1/s1. The van der Waals surface area contributed by atoms with Crippen molar-refractivity contribution in [2.45, 2.75) is 57.2 Å². The topological polar surface area (TPSA) is 90.2 Å². The van der Waals surface area contributed by atoms with Crippen LogP contribution in [-0.4, -0.2) is 63.5 Å². The molecule has 7 heteroatoms. The van der Waals surface area contributed by atoms with Crippen molar-refractivity contribution < 1.29 is 33.9 Å². The monoisotopic (exact) mass is 270 g/mol. The highest BCUT2D eigenvalue weighted by Gasteiger charge is 2.59. The summed E-state index contributed by atoms with van der Waals surface area (Å²) in [5.74, 6) is -3.43. The summed E-state index contributed by atoms with van der Waals surface area (Å²) >= 11 is 0. The third-order valence-corrected chi connectivity index (χ3v) is 3.25. The fourth-order valence-corrected chi connectivity index (χ4v) is 1.83. The third-order valence-electron chi connectivity index (χ3n) is 3.25. The molecule has 1 rings (SSSR count). The molecule has 0 aliphatic carbocycles. The van der Waals surface area contributed by atoms with Gasteiger partial charge in [-0.15, -0.1) is 0 Å². The molecule has 1 aliphatic rings. The summed E-state index contributed by atoms with van der Waals surface area (Å²) in [5, 5.41) is 37.5. The summed E-state index contributed by atoms with van der Waals surface area (Å²) in [6.45, 7) is 3.10. The minimum absolute atomic E-state index is 0.721. The van der Waals surface area contributed by atoms with Gasteiger partial charge in [0.2, 0.25) is 0 Å². The van der Waals surface area contributed by atoms with Crippen molar-refractivity contribution in [2.75, 3.05) is 6.61 Å². The summed E-state index contributed by atoms with van der Waals surface area (Å²) in [4.78, 5) is 0. The number of halogens is 2. The molecule has 0 spiro atoms. The molecular formula is C11H20F2O5. The van der Waals surface area contributed by atoms with E-state index in [1.54, 1.807) is 0 Å². The van der Waals surface area contributed by atoms with Crippen molar-refractivity contribution in [3.8, 4) is 0 Å². The van der Waals surface area contributed by atoms with Gasteiger partial charge in [0.15, 0.2) is 6.10 Å². The van der Waals surface area contributed by atoms with Crippen LogP contribution in [0.5, 0.6) is 0 Å². The van der Waals surface area contributed by atoms with Gasteiger partial charge in [0, 0.05) is 5.41 Å². The maximum Gasteiger partial charge on any atom is 0.281 e. The second-order valence-electron chi connectivity index (χ2n) is 5.62. The van der Waals surface area contributed by atoms with E-state index >= 15 is 0 Å². The van der Waals surface area contributed by atoms with E-state index in [-0.39, 0.29) is 0 Å². The molecule has 4 N–H and O–H groups in total. The van der Waals surface area contributed by atoms with Crippen LogP contribution in [0.3, 0.4) is 0 Å². The molecule has 0 radical (unpaired) electrons. The molecule has 0 aromatic heterocycles. The molecule has 0 unspecified atom stereocenters. The Bertz CT molecular complexity index is 290. The van der Waals surface area contributed by atoms with Gasteiger partial charge < -0.3 is 25.2 Å². The molecule has 1 saturated heterocycles. The van der Waals surface area contributed by atoms with E-state index in [0.717, 1.165) is 0 Å². The van der Waals surface area contributed by atoms with E-state index in [1.807, 2.05) is 0 Å². The highest BCUT2D eigenvalue weighted by atomic mass is 19.3. The zero-order chi connectivity index (χ0) is 14.3. The largest absolute Gasteiger partial charge is 0.394 e. The molecule has 0 bridgehead atoms. The van der Waals surface area contributed by atoms with Crippen LogP contribution in [0.25, 0.3) is 0 Å². The molecule has 0 aromatic rings. The fraction of sp³-hybridized carbons (Fsp3) is 1.00. The Kier molecular flexibility index (Phi) is 4.34. The van der Waals surface area contributed by atoms with E-state index in [9.17, 15) is 24.1 Å². The van der Waals surface area contributed by atoms with Gasteiger partial charge in [0.05, 0.1) is 6.61 Å². The molecule has 108 valence electrons. The van der Waals surface area contributed by atoms with Crippen LogP contribution < -0.4 is 0 Å². The SMILES string of the molecule is CC(C)(C)C(F)(F)[C@@H]1O[C@H](CO)[C@H](O)[C@H](O)[C@H]1O. The lowest BCUT2D eigenvalue weighted by atomic mass is 9.79. The first-order chi connectivity index (χ1) is 8.04. The molecule has 5 atom stereocenters. The second-order valence-corrected chi connectivity index (χ2v) is 5.62. The Morgan fingerprint density at radius 2 is 1.50 bits per heavy atom. The van der Waals surface area contributed by atoms with Crippen molar-refractivity contribution in [2.24, 2.45) is 5.41 Å². The van der Waals surface area contributed by atoms with Crippen LogP contribution in [-0.2, 0) is 4.74 Å². The minimum Gasteiger partial charge on any atom is -0.394 e. The minimum atomic E-state index is -3.43. The molecule has 0 amide bonds. The predicted molar refractivity (Wildman–Crippen MR) is 58.2 cm³/mol. The predicted octanol–water partition coefficient (Wildman–Crippen LogP) is -0.490. The van der Waals surface area contributed by atoms with E-state index in [4.69, 9.17) is 9.84 Å². The van der Waals surface area contributed by atoms with Gasteiger partial charge in [-0.25, -0.2) is 8.78 Å². The lowest BCUT2D eigenvalue weighted by Gasteiger charge is -2.46.